The predicted octanol–water partition coefficient (Wildman–Crippen LogP) is 4.26. The molecule has 0 unspecified atom stereocenters. The van der Waals surface area contributed by atoms with Gasteiger partial charge in [-0.15, -0.1) is 0 Å². The second kappa shape index (κ2) is 6.02. The maximum atomic E-state index is 11.5. The van der Waals surface area contributed by atoms with Crippen molar-refractivity contribution in [1.82, 2.24) is 4.98 Å². The summed E-state index contributed by atoms with van der Waals surface area (Å²) < 4.78 is 6.14. The van der Waals surface area contributed by atoms with Gasteiger partial charge in [-0.3, -0.25) is 5.32 Å². The normalized spacial score (nSPS) is 10.7. The van der Waals surface area contributed by atoms with Gasteiger partial charge in [-0.1, -0.05) is 30.7 Å². The number of anilines is 1. The molecule has 0 saturated carbocycles. The maximum Gasteiger partial charge on any atom is 0.413 e. The van der Waals surface area contributed by atoms with Crippen LogP contribution in [0.1, 0.15) is 30.9 Å². The first-order chi connectivity index (χ1) is 9.10. The van der Waals surface area contributed by atoms with Gasteiger partial charge in [0.2, 0.25) is 0 Å². The fourth-order valence-corrected chi connectivity index (χ4v) is 2.88. The molecule has 4 nitrogen and oxygen atoms in total. The van der Waals surface area contributed by atoms with Crippen molar-refractivity contribution in [2.75, 3.05) is 11.9 Å². The number of aryl methyl sites for hydroxylation is 2. The Morgan fingerprint density at radius 3 is 2.95 bits per heavy atom. The molecule has 0 fully saturated rings. The fourth-order valence-electron chi connectivity index (χ4n) is 1.86. The van der Waals surface area contributed by atoms with E-state index in [1.807, 2.05) is 6.92 Å². The van der Waals surface area contributed by atoms with E-state index in [0.29, 0.717) is 11.7 Å². The number of aromatic nitrogens is 1. The lowest BCUT2D eigenvalue weighted by molar-refractivity contribution is 0.160. The molecule has 0 aliphatic rings. The highest BCUT2D eigenvalue weighted by molar-refractivity contribution is 7.22. The van der Waals surface area contributed by atoms with E-state index in [2.05, 4.69) is 36.3 Å². The fraction of sp³-hybridized carbons (Fsp3) is 0.429. The van der Waals surface area contributed by atoms with E-state index in [1.165, 1.54) is 16.9 Å². The van der Waals surface area contributed by atoms with Gasteiger partial charge in [0.1, 0.15) is 0 Å². The molecule has 0 spiro atoms. The molecule has 2 aromatic rings. The zero-order valence-electron chi connectivity index (χ0n) is 11.4. The Morgan fingerprint density at radius 2 is 2.21 bits per heavy atom. The molecule has 19 heavy (non-hydrogen) atoms. The van der Waals surface area contributed by atoms with Gasteiger partial charge in [-0.05, 0) is 37.5 Å². The molecule has 102 valence electrons. The number of amides is 1. The van der Waals surface area contributed by atoms with Crippen molar-refractivity contribution in [2.45, 2.75) is 33.6 Å². The average Bonchev–Trinajstić information content (AvgIpc) is 2.72. The summed E-state index contributed by atoms with van der Waals surface area (Å²) in [5, 5.41) is 3.27. The van der Waals surface area contributed by atoms with Gasteiger partial charge < -0.3 is 4.74 Å². The first kappa shape index (κ1) is 13.8. The van der Waals surface area contributed by atoms with Gasteiger partial charge in [-0.2, -0.15) is 0 Å². The highest BCUT2D eigenvalue weighted by Gasteiger charge is 2.10. The van der Waals surface area contributed by atoms with E-state index in [9.17, 15) is 4.79 Å². The topological polar surface area (TPSA) is 51.2 Å². The van der Waals surface area contributed by atoms with E-state index in [1.54, 1.807) is 0 Å². The first-order valence-corrected chi connectivity index (χ1v) is 7.23. The lowest BCUT2D eigenvalue weighted by Crippen LogP contribution is -2.14. The first-order valence-electron chi connectivity index (χ1n) is 6.41. The number of carbonyl (C=O) groups excluding carboxylic acids is 1. The van der Waals surface area contributed by atoms with Crippen LogP contribution in [0.2, 0.25) is 0 Å². The third kappa shape index (κ3) is 3.44. The van der Waals surface area contributed by atoms with Gasteiger partial charge in [-0.25, -0.2) is 9.78 Å². The number of nitrogens with one attached hydrogen (secondary N) is 1. The van der Waals surface area contributed by atoms with E-state index < -0.39 is 6.09 Å². The van der Waals surface area contributed by atoms with E-state index >= 15 is 0 Å². The third-order valence-corrected chi connectivity index (χ3v) is 3.69. The lowest BCUT2D eigenvalue weighted by atomic mass is 10.1. The van der Waals surface area contributed by atoms with Crippen molar-refractivity contribution in [3.05, 3.63) is 23.3 Å². The van der Waals surface area contributed by atoms with Crippen LogP contribution in [0.25, 0.3) is 10.2 Å². The van der Waals surface area contributed by atoms with Crippen LogP contribution >= 0.6 is 11.3 Å². The van der Waals surface area contributed by atoms with Crippen molar-refractivity contribution in [2.24, 2.45) is 0 Å². The lowest BCUT2D eigenvalue weighted by Gasteiger charge is -2.02. The average molecular weight is 278 g/mol. The number of ether oxygens (including phenoxy) is 1. The molecule has 0 saturated heterocycles. The molecular formula is C14H18N2O2S. The van der Waals surface area contributed by atoms with Crippen molar-refractivity contribution in [1.29, 1.82) is 0 Å². The maximum absolute atomic E-state index is 11.5. The van der Waals surface area contributed by atoms with Gasteiger partial charge in [0.05, 0.1) is 16.8 Å². The van der Waals surface area contributed by atoms with Crippen LogP contribution in [0.15, 0.2) is 12.1 Å². The zero-order valence-corrected chi connectivity index (χ0v) is 12.3. The minimum Gasteiger partial charge on any atom is -0.449 e. The Kier molecular flexibility index (Phi) is 4.37. The number of carbonyl (C=O) groups is 1. The number of hydrogen-bond donors (Lipinski definition) is 1. The third-order valence-electron chi connectivity index (χ3n) is 2.77. The molecular weight excluding hydrogens is 260 g/mol. The SMILES string of the molecule is CCCCOC(=O)Nc1nc2c(C)cc(C)cc2s1. The Morgan fingerprint density at radius 1 is 1.42 bits per heavy atom. The largest absolute Gasteiger partial charge is 0.449 e. The van der Waals surface area contributed by atoms with Gasteiger partial charge in [0.15, 0.2) is 5.13 Å². The predicted molar refractivity (Wildman–Crippen MR) is 79.0 cm³/mol. The summed E-state index contributed by atoms with van der Waals surface area (Å²) >= 11 is 1.47. The highest BCUT2D eigenvalue weighted by atomic mass is 32.1. The minimum absolute atomic E-state index is 0.429. The highest BCUT2D eigenvalue weighted by Crippen LogP contribution is 2.29. The Labute approximate surface area is 116 Å². The van der Waals surface area contributed by atoms with E-state index in [4.69, 9.17) is 4.74 Å². The van der Waals surface area contributed by atoms with Crippen LogP contribution in [-0.4, -0.2) is 17.7 Å². The smallest absolute Gasteiger partial charge is 0.413 e. The van der Waals surface area contributed by atoms with Gasteiger partial charge in [0.25, 0.3) is 0 Å². The minimum atomic E-state index is -0.429. The molecule has 1 N–H and O–H groups in total. The molecule has 2 rings (SSSR count). The van der Waals surface area contributed by atoms with Crippen LogP contribution in [0.4, 0.5) is 9.93 Å². The molecule has 0 aliphatic carbocycles. The van der Waals surface area contributed by atoms with E-state index in [-0.39, 0.29) is 0 Å². The molecule has 0 aliphatic heterocycles. The van der Waals surface area contributed by atoms with Crippen LogP contribution in [0, 0.1) is 13.8 Å². The van der Waals surface area contributed by atoms with Crippen LogP contribution in [0.3, 0.4) is 0 Å². The zero-order chi connectivity index (χ0) is 13.8. The summed E-state index contributed by atoms with van der Waals surface area (Å²) in [5.74, 6) is 0. The Balaban J connectivity index is 2.09. The number of fused-ring (bicyclic) bond motifs is 1. The summed E-state index contributed by atoms with van der Waals surface area (Å²) in [6.07, 6.45) is 1.46. The molecule has 0 radical (unpaired) electrons. The van der Waals surface area contributed by atoms with Crippen molar-refractivity contribution in [3.63, 3.8) is 0 Å². The Hall–Kier alpha value is -1.62. The van der Waals surface area contributed by atoms with Crippen LogP contribution < -0.4 is 5.32 Å². The van der Waals surface area contributed by atoms with Crippen LogP contribution in [0.5, 0.6) is 0 Å². The van der Waals surface area contributed by atoms with Gasteiger partial charge >= 0.3 is 6.09 Å². The number of rotatable bonds is 4. The monoisotopic (exact) mass is 278 g/mol. The number of hydrogen-bond acceptors (Lipinski definition) is 4. The molecule has 1 heterocycles. The van der Waals surface area contributed by atoms with Crippen LogP contribution in [-0.2, 0) is 4.74 Å². The summed E-state index contributed by atoms with van der Waals surface area (Å²) in [6, 6.07) is 4.17. The second-order valence-corrected chi connectivity index (χ2v) is 5.59. The van der Waals surface area contributed by atoms with Crippen molar-refractivity contribution in [3.8, 4) is 0 Å². The number of nitrogens with zero attached hydrogens (tertiary/aromatic N) is 1. The number of unbranched alkanes of at least 4 members (excludes halogenated alkanes) is 1. The summed E-state index contributed by atoms with van der Waals surface area (Å²) in [5.41, 5.74) is 3.27. The molecule has 0 bridgehead atoms. The molecule has 1 aromatic heterocycles. The standard InChI is InChI=1S/C14H18N2O2S/c1-4-5-6-18-14(17)16-13-15-12-10(3)7-9(2)8-11(12)19-13/h7-8H,4-6H2,1-3H3,(H,15,16,17). The summed E-state index contributed by atoms with van der Waals surface area (Å²) in [6.45, 7) is 6.59. The van der Waals surface area contributed by atoms with Crippen molar-refractivity contribution < 1.29 is 9.53 Å². The number of thiazole rings is 1. The number of benzene rings is 1. The summed E-state index contributed by atoms with van der Waals surface area (Å²) in [7, 11) is 0. The van der Waals surface area contributed by atoms with E-state index in [0.717, 1.165) is 28.6 Å². The quantitative estimate of drug-likeness (QED) is 0.850. The Bertz CT molecular complexity index is 592. The molecule has 1 amide bonds. The second-order valence-electron chi connectivity index (χ2n) is 4.56. The molecule has 0 atom stereocenters. The van der Waals surface area contributed by atoms with Gasteiger partial charge in [0, 0.05) is 0 Å². The molecule has 1 aromatic carbocycles. The van der Waals surface area contributed by atoms with Crippen molar-refractivity contribution >= 4 is 32.8 Å². The molecule has 5 heteroatoms. The summed E-state index contributed by atoms with van der Waals surface area (Å²) in [4.78, 5) is 16.0.